The number of hydrogen-bond acceptors (Lipinski definition) is 2. The van der Waals surface area contributed by atoms with E-state index in [4.69, 9.17) is 4.99 Å². The monoisotopic (exact) mass is 415 g/mol. The zero-order valence-corrected chi connectivity index (χ0v) is 18.4. The van der Waals surface area contributed by atoms with Crippen molar-refractivity contribution in [3.8, 4) is 11.1 Å². The number of thiophene rings is 1. The van der Waals surface area contributed by atoms with Crippen molar-refractivity contribution in [2.24, 2.45) is 4.99 Å². The van der Waals surface area contributed by atoms with Crippen LogP contribution < -0.4 is 0 Å². The molecule has 31 heavy (non-hydrogen) atoms. The van der Waals surface area contributed by atoms with Crippen molar-refractivity contribution in [1.29, 1.82) is 0 Å². The highest BCUT2D eigenvalue weighted by Crippen LogP contribution is 2.39. The number of rotatable bonds is 3. The normalized spacial score (nSPS) is 14.6. The molecule has 6 rings (SSSR count). The Hall–Kier alpha value is -3.41. The Bertz CT molecular complexity index is 1500. The molecule has 0 amide bonds. The molecule has 3 aromatic carbocycles. The Labute approximate surface area is 186 Å². The number of benzene rings is 3. The first-order valence-corrected chi connectivity index (χ1v) is 11.5. The topological polar surface area (TPSA) is 12.4 Å². The van der Waals surface area contributed by atoms with E-state index in [0.717, 1.165) is 12.1 Å². The SMILES string of the molecule is C/C(=N\C(C)c1cccc2c3c(sc12)C=C=C=C3)c1ccc2c(c1)Cc1ccccc1-2. The molecule has 1 heterocycles. The molecule has 0 spiro atoms. The van der Waals surface area contributed by atoms with Gasteiger partial charge in [0.1, 0.15) is 0 Å². The summed E-state index contributed by atoms with van der Waals surface area (Å²) in [6, 6.07) is 22.2. The minimum Gasteiger partial charge on any atom is -0.282 e. The second-order valence-electron chi connectivity index (χ2n) is 8.28. The first-order chi connectivity index (χ1) is 15.2. The van der Waals surface area contributed by atoms with Crippen LogP contribution in [0.5, 0.6) is 0 Å². The molecule has 148 valence electrons. The van der Waals surface area contributed by atoms with E-state index in [-0.39, 0.29) is 6.04 Å². The maximum Gasteiger partial charge on any atom is 0.0738 e. The summed E-state index contributed by atoms with van der Waals surface area (Å²) >= 11 is 1.83. The number of aliphatic imine (C=N–C) groups is 1. The smallest absolute Gasteiger partial charge is 0.0738 e. The molecule has 4 aromatic rings. The molecule has 1 unspecified atom stereocenters. The van der Waals surface area contributed by atoms with Gasteiger partial charge in [0.15, 0.2) is 0 Å². The minimum atomic E-state index is 0.0928. The molecule has 0 saturated carbocycles. The highest BCUT2D eigenvalue weighted by atomic mass is 32.1. The average molecular weight is 416 g/mol. The van der Waals surface area contributed by atoms with Gasteiger partial charge in [-0.1, -0.05) is 66.1 Å². The molecule has 0 aliphatic heterocycles. The summed E-state index contributed by atoms with van der Waals surface area (Å²) in [5, 5.41) is 1.29. The van der Waals surface area contributed by atoms with Crippen molar-refractivity contribution in [3.05, 3.63) is 105 Å². The first-order valence-electron chi connectivity index (χ1n) is 10.7. The van der Waals surface area contributed by atoms with E-state index in [1.807, 2.05) is 23.5 Å². The van der Waals surface area contributed by atoms with Gasteiger partial charge in [-0.3, -0.25) is 4.99 Å². The third-order valence-corrected chi connectivity index (χ3v) is 7.58. The van der Waals surface area contributed by atoms with E-state index < -0.39 is 0 Å². The van der Waals surface area contributed by atoms with Crippen LogP contribution >= 0.6 is 11.3 Å². The van der Waals surface area contributed by atoms with Crippen LogP contribution in [0.25, 0.3) is 33.4 Å². The van der Waals surface area contributed by atoms with Crippen LogP contribution in [-0.2, 0) is 6.42 Å². The van der Waals surface area contributed by atoms with Gasteiger partial charge in [-0.2, -0.15) is 0 Å². The largest absolute Gasteiger partial charge is 0.282 e. The van der Waals surface area contributed by atoms with Crippen molar-refractivity contribution < 1.29 is 0 Å². The molecule has 2 heteroatoms. The summed E-state index contributed by atoms with van der Waals surface area (Å²) in [6.45, 7) is 4.33. The third kappa shape index (κ3) is 2.97. The fourth-order valence-electron chi connectivity index (χ4n) is 4.79. The van der Waals surface area contributed by atoms with Crippen LogP contribution in [0, 0.1) is 0 Å². The predicted octanol–water partition coefficient (Wildman–Crippen LogP) is 7.84. The summed E-state index contributed by atoms with van der Waals surface area (Å²) in [6.07, 6.45) is 5.09. The van der Waals surface area contributed by atoms with E-state index in [9.17, 15) is 0 Å². The molecule has 0 fully saturated rings. The van der Waals surface area contributed by atoms with Crippen LogP contribution in [0.3, 0.4) is 0 Å². The van der Waals surface area contributed by atoms with E-state index in [1.54, 1.807) is 0 Å². The van der Waals surface area contributed by atoms with Crippen LogP contribution in [0.4, 0.5) is 0 Å². The van der Waals surface area contributed by atoms with Crippen LogP contribution in [0.2, 0.25) is 0 Å². The van der Waals surface area contributed by atoms with Crippen molar-refractivity contribution in [2.45, 2.75) is 26.3 Å². The van der Waals surface area contributed by atoms with Crippen LogP contribution in [-0.4, -0.2) is 5.71 Å². The van der Waals surface area contributed by atoms with Crippen molar-refractivity contribution >= 4 is 39.3 Å². The summed E-state index contributed by atoms with van der Waals surface area (Å²) in [5.41, 5.74) is 16.6. The van der Waals surface area contributed by atoms with Gasteiger partial charge >= 0.3 is 0 Å². The second kappa shape index (κ2) is 7.08. The van der Waals surface area contributed by atoms with E-state index >= 15 is 0 Å². The molecule has 0 radical (unpaired) electrons. The molecule has 2 aliphatic rings. The van der Waals surface area contributed by atoms with Crippen LogP contribution in [0.1, 0.15) is 52.6 Å². The lowest BCUT2D eigenvalue weighted by Gasteiger charge is -2.12. The molecule has 0 bridgehead atoms. The maximum atomic E-state index is 5.12. The third-order valence-electron chi connectivity index (χ3n) is 6.37. The Morgan fingerprint density at radius 1 is 0.935 bits per heavy atom. The van der Waals surface area contributed by atoms with Crippen molar-refractivity contribution in [2.75, 3.05) is 0 Å². The van der Waals surface area contributed by atoms with Gasteiger partial charge in [-0.25, -0.2) is 0 Å². The zero-order chi connectivity index (χ0) is 20.9. The molecule has 1 nitrogen and oxygen atoms in total. The molecule has 0 saturated heterocycles. The molecular formula is C29H21NS. The average Bonchev–Trinajstić information content (AvgIpc) is 3.36. The van der Waals surface area contributed by atoms with Crippen LogP contribution in [0.15, 0.2) is 77.1 Å². The van der Waals surface area contributed by atoms with Gasteiger partial charge in [0.25, 0.3) is 0 Å². The van der Waals surface area contributed by atoms with Gasteiger partial charge in [0.05, 0.1) is 6.04 Å². The second-order valence-corrected chi connectivity index (χ2v) is 9.33. The standard InChI is InChI=1S/C29H21NS/c1-18(20-14-15-25-22(16-20)17-21-8-3-4-9-24(21)25)30-19(2)23-11-7-12-27-26-10-5-6-13-28(26)31-29(23)27/h3-4,7-16,19H,17H2,1-2H3/b30-18+. The highest BCUT2D eigenvalue weighted by Gasteiger charge is 2.19. The molecule has 2 aliphatic carbocycles. The quantitative estimate of drug-likeness (QED) is 0.206. The molecule has 1 aromatic heterocycles. The van der Waals surface area contributed by atoms with Gasteiger partial charge in [0, 0.05) is 32.3 Å². The summed E-state index contributed by atoms with van der Waals surface area (Å²) < 4.78 is 1.32. The summed E-state index contributed by atoms with van der Waals surface area (Å²) in [5.74, 6) is 0. The predicted molar refractivity (Wildman–Crippen MR) is 133 cm³/mol. The Morgan fingerprint density at radius 3 is 2.71 bits per heavy atom. The van der Waals surface area contributed by atoms with Gasteiger partial charge in [-0.15, -0.1) is 11.3 Å². The lowest BCUT2D eigenvalue weighted by Crippen LogP contribution is -2.00. The molecular weight excluding hydrogens is 394 g/mol. The molecule has 0 N–H and O–H groups in total. The highest BCUT2D eigenvalue weighted by molar-refractivity contribution is 7.20. The first kappa shape index (κ1) is 18.4. The Balaban J connectivity index is 1.36. The maximum absolute atomic E-state index is 5.12. The fourth-order valence-corrected chi connectivity index (χ4v) is 6.05. The summed E-state index contributed by atoms with van der Waals surface area (Å²) in [4.78, 5) is 6.38. The fraction of sp³-hybridized carbons (Fsp3) is 0.138. The van der Waals surface area contributed by atoms with Gasteiger partial charge in [0.2, 0.25) is 0 Å². The Morgan fingerprint density at radius 2 is 1.77 bits per heavy atom. The van der Waals surface area contributed by atoms with E-state index in [2.05, 4.69) is 86.0 Å². The zero-order valence-electron chi connectivity index (χ0n) is 17.6. The number of fused-ring (bicyclic) bond motifs is 6. The van der Waals surface area contributed by atoms with Gasteiger partial charge < -0.3 is 0 Å². The van der Waals surface area contributed by atoms with E-state index in [0.29, 0.717) is 0 Å². The Kier molecular flexibility index (Phi) is 4.19. The van der Waals surface area contributed by atoms with E-state index in [1.165, 1.54) is 53.9 Å². The molecule has 1 atom stereocenters. The number of nitrogens with zero attached hydrogens (tertiary/aromatic N) is 1. The lowest BCUT2D eigenvalue weighted by atomic mass is 10.0. The van der Waals surface area contributed by atoms with Crippen molar-refractivity contribution in [1.82, 2.24) is 0 Å². The van der Waals surface area contributed by atoms with Gasteiger partial charge in [-0.05, 0) is 65.8 Å². The number of hydrogen-bond donors (Lipinski definition) is 0. The minimum absolute atomic E-state index is 0.0928. The summed E-state index contributed by atoms with van der Waals surface area (Å²) in [7, 11) is 0. The lowest BCUT2D eigenvalue weighted by molar-refractivity contribution is 0.829. The van der Waals surface area contributed by atoms with Crippen molar-refractivity contribution in [3.63, 3.8) is 0 Å².